The van der Waals surface area contributed by atoms with Crippen molar-refractivity contribution < 1.29 is 9.32 Å². The van der Waals surface area contributed by atoms with E-state index in [4.69, 9.17) is 10.9 Å². The van der Waals surface area contributed by atoms with Crippen LogP contribution in [0.2, 0.25) is 0 Å². The smallest absolute Gasteiger partial charge is 0.301 e. The average molecular weight is 325 g/mol. The van der Waals surface area contributed by atoms with Crippen molar-refractivity contribution in [2.45, 2.75) is 27.3 Å². The van der Waals surface area contributed by atoms with Gasteiger partial charge in [-0.3, -0.25) is 4.79 Å². The van der Waals surface area contributed by atoms with Gasteiger partial charge >= 0.3 is 5.91 Å². The second-order valence-electron chi connectivity index (χ2n) is 5.32. The molecule has 1 amide bonds. The molecule has 0 radical (unpaired) electrons. The summed E-state index contributed by atoms with van der Waals surface area (Å²) in [5, 5.41) is 3.71. The van der Waals surface area contributed by atoms with Gasteiger partial charge in [0.05, 0.1) is 16.8 Å². The number of rotatable bonds is 2. The van der Waals surface area contributed by atoms with Crippen molar-refractivity contribution in [2.75, 3.05) is 0 Å². The average Bonchev–Trinajstić information content (AvgIpc) is 3.06. The highest BCUT2D eigenvalue weighted by atomic mass is 32.1. The van der Waals surface area contributed by atoms with Gasteiger partial charge in [-0.15, -0.1) is 6.42 Å². The standard InChI is InChI=1S/C17H15N3O2S/c1-5-6-20-14-7-10(2)11(3)8-15(14)23-17(20)18-16(21)13-9-12(4)22-19-13/h1,7-9H,6H2,2-4H3. The highest BCUT2D eigenvalue weighted by molar-refractivity contribution is 7.16. The number of carbonyl (C=O) groups excluding carboxylic acids is 1. The molecule has 0 aliphatic rings. The van der Waals surface area contributed by atoms with E-state index in [1.165, 1.54) is 22.5 Å². The van der Waals surface area contributed by atoms with Crippen LogP contribution in [-0.4, -0.2) is 15.6 Å². The van der Waals surface area contributed by atoms with Crippen LogP contribution in [0, 0.1) is 33.1 Å². The lowest BCUT2D eigenvalue weighted by Crippen LogP contribution is -2.16. The summed E-state index contributed by atoms with van der Waals surface area (Å²) >= 11 is 1.44. The van der Waals surface area contributed by atoms with Gasteiger partial charge in [0.2, 0.25) is 0 Å². The first-order valence-electron chi connectivity index (χ1n) is 7.06. The molecule has 2 heterocycles. The van der Waals surface area contributed by atoms with E-state index in [1.807, 2.05) is 11.5 Å². The molecule has 0 N–H and O–H groups in total. The van der Waals surface area contributed by atoms with Gasteiger partial charge in [0.25, 0.3) is 0 Å². The molecule has 0 saturated heterocycles. The van der Waals surface area contributed by atoms with Gasteiger partial charge in [-0.1, -0.05) is 22.4 Å². The van der Waals surface area contributed by atoms with E-state index >= 15 is 0 Å². The summed E-state index contributed by atoms with van der Waals surface area (Å²) in [7, 11) is 0. The molecule has 0 unspecified atom stereocenters. The molecule has 0 atom stereocenters. The van der Waals surface area contributed by atoms with E-state index in [9.17, 15) is 4.79 Å². The summed E-state index contributed by atoms with van der Waals surface area (Å²) in [4.78, 5) is 17.0. The van der Waals surface area contributed by atoms with Gasteiger partial charge in [-0.05, 0) is 44.0 Å². The lowest BCUT2D eigenvalue weighted by atomic mass is 10.1. The number of nitrogens with zero attached hydrogens (tertiary/aromatic N) is 3. The molecule has 3 aromatic rings. The number of amides is 1. The molecular formula is C17H15N3O2S. The molecular weight excluding hydrogens is 310 g/mol. The predicted molar refractivity (Wildman–Crippen MR) is 89.3 cm³/mol. The van der Waals surface area contributed by atoms with Gasteiger partial charge in [-0.25, -0.2) is 0 Å². The summed E-state index contributed by atoms with van der Waals surface area (Å²) < 4.78 is 7.84. The van der Waals surface area contributed by atoms with E-state index in [2.05, 4.69) is 35.1 Å². The second kappa shape index (κ2) is 5.86. The Morgan fingerprint density at radius 2 is 2.09 bits per heavy atom. The minimum atomic E-state index is -0.437. The third kappa shape index (κ3) is 2.83. The summed E-state index contributed by atoms with van der Waals surface area (Å²) in [6.45, 7) is 6.19. The molecule has 0 saturated carbocycles. The largest absolute Gasteiger partial charge is 0.361 e. The van der Waals surface area contributed by atoms with Crippen molar-refractivity contribution in [3.8, 4) is 12.3 Å². The fraction of sp³-hybridized carbons (Fsp3) is 0.235. The lowest BCUT2D eigenvalue weighted by molar-refractivity contribution is 0.0989. The zero-order chi connectivity index (χ0) is 16.6. The molecule has 0 fully saturated rings. The second-order valence-corrected chi connectivity index (χ2v) is 6.33. The van der Waals surface area contributed by atoms with Crippen molar-refractivity contribution in [3.63, 3.8) is 0 Å². The number of hydrogen-bond acceptors (Lipinski definition) is 4. The van der Waals surface area contributed by atoms with Gasteiger partial charge in [0.1, 0.15) is 5.76 Å². The Kier molecular flexibility index (Phi) is 3.89. The van der Waals surface area contributed by atoms with Gasteiger partial charge in [0.15, 0.2) is 10.5 Å². The first-order valence-corrected chi connectivity index (χ1v) is 7.87. The number of aromatic nitrogens is 2. The Labute approximate surface area is 137 Å². The van der Waals surface area contributed by atoms with E-state index < -0.39 is 5.91 Å². The van der Waals surface area contributed by atoms with Crippen LogP contribution >= 0.6 is 11.3 Å². The van der Waals surface area contributed by atoms with Crippen molar-refractivity contribution in [3.05, 3.63) is 45.6 Å². The molecule has 6 heteroatoms. The number of carbonyl (C=O) groups is 1. The third-order valence-corrected chi connectivity index (χ3v) is 4.63. The fourth-order valence-corrected chi connectivity index (χ4v) is 3.37. The van der Waals surface area contributed by atoms with Crippen molar-refractivity contribution in [2.24, 2.45) is 4.99 Å². The zero-order valence-electron chi connectivity index (χ0n) is 13.1. The Balaban J connectivity index is 2.20. The number of aryl methyl sites for hydroxylation is 3. The zero-order valence-corrected chi connectivity index (χ0v) is 13.9. The van der Waals surface area contributed by atoms with E-state index in [0.717, 1.165) is 10.2 Å². The van der Waals surface area contributed by atoms with Gasteiger partial charge in [0, 0.05) is 6.07 Å². The number of hydrogen-bond donors (Lipinski definition) is 0. The number of terminal acetylenes is 1. The predicted octanol–water partition coefficient (Wildman–Crippen LogP) is 2.99. The Bertz CT molecular complexity index is 1010. The summed E-state index contributed by atoms with van der Waals surface area (Å²) in [5.74, 6) is 2.75. The quantitative estimate of drug-likeness (QED) is 0.681. The van der Waals surface area contributed by atoms with Crippen LogP contribution in [0.4, 0.5) is 0 Å². The SMILES string of the molecule is C#CCn1c(=NC(=O)c2cc(C)on2)sc2cc(C)c(C)cc21. The van der Waals surface area contributed by atoms with Crippen molar-refractivity contribution in [1.82, 2.24) is 9.72 Å². The first-order chi connectivity index (χ1) is 11.0. The highest BCUT2D eigenvalue weighted by Crippen LogP contribution is 2.22. The Morgan fingerprint density at radius 1 is 1.35 bits per heavy atom. The normalized spacial score (nSPS) is 11.8. The number of thiazole rings is 1. The van der Waals surface area contributed by atoms with Crippen LogP contribution < -0.4 is 4.80 Å². The van der Waals surface area contributed by atoms with Crippen LogP contribution in [0.25, 0.3) is 10.2 Å². The monoisotopic (exact) mass is 325 g/mol. The van der Waals surface area contributed by atoms with Crippen LogP contribution in [0.3, 0.4) is 0 Å². The third-order valence-electron chi connectivity index (χ3n) is 3.59. The van der Waals surface area contributed by atoms with Gasteiger partial charge < -0.3 is 9.09 Å². The number of fused-ring (bicyclic) bond motifs is 1. The molecule has 0 bridgehead atoms. The molecule has 0 aliphatic carbocycles. The Morgan fingerprint density at radius 3 is 2.74 bits per heavy atom. The molecule has 0 aliphatic heterocycles. The van der Waals surface area contributed by atoms with Crippen LogP contribution in [0.1, 0.15) is 27.4 Å². The summed E-state index contributed by atoms with van der Waals surface area (Å²) in [6.07, 6.45) is 5.47. The molecule has 0 spiro atoms. The maximum atomic E-state index is 12.2. The summed E-state index contributed by atoms with van der Waals surface area (Å²) in [5.41, 5.74) is 3.54. The first kappa shape index (κ1) is 15.3. The molecule has 5 nitrogen and oxygen atoms in total. The van der Waals surface area contributed by atoms with Crippen LogP contribution in [-0.2, 0) is 6.54 Å². The van der Waals surface area contributed by atoms with Gasteiger partial charge in [-0.2, -0.15) is 4.99 Å². The maximum absolute atomic E-state index is 12.2. The minimum absolute atomic E-state index is 0.194. The Hall–Kier alpha value is -2.65. The molecule has 1 aromatic carbocycles. The van der Waals surface area contributed by atoms with Crippen molar-refractivity contribution in [1.29, 1.82) is 0 Å². The molecule has 23 heavy (non-hydrogen) atoms. The molecule has 2 aromatic heterocycles. The van der Waals surface area contributed by atoms with E-state index in [0.29, 0.717) is 17.1 Å². The fourth-order valence-electron chi connectivity index (χ4n) is 2.26. The van der Waals surface area contributed by atoms with E-state index in [1.54, 1.807) is 13.0 Å². The maximum Gasteiger partial charge on any atom is 0.301 e. The van der Waals surface area contributed by atoms with Crippen LogP contribution in [0.15, 0.2) is 27.7 Å². The van der Waals surface area contributed by atoms with Crippen LogP contribution in [0.5, 0.6) is 0 Å². The minimum Gasteiger partial charge on any atom is -0.361 e. The highest BCUT2D eigenvalue weighted by Gasteiger charge is 2.12. The summed E-state index contributed by atoms with van der Waals surface area (Å²) in [6, 6.07) is 5.73. The molecule has 116 valence electrons. The topological polar surface area (TPSA) is 60.4 Å². The van der Waals surface area contributed by atoms with E-state index in [-0.39, 0.29) is 5.69 Å². The van der Waals surface area contributed by atoms with Crippen molar-refractivity contribution >= 4 is 27.5 Å². The number of benzene rings is 1. The lowest BCUT2D eigenvalue weighted by Gasteiger charge is -2.03. The molecule has 3 rings (SSSR count).